The van der Waals surface area contributed by atoms with E-state index in [1.807, 2.05) is 55.6 Å². The van der Waals surface area contributed by atoms with Gasteiger partial charge in [0.15, 0.2) is 0 Å². The van der Waals surface area contributed by atoms with Crippen molar-refractivity contribution in [2.45, 2.75) is 129 Å². The Labute approximate surface area is 485 Å². The third-order valence-electron chi connectivity index (χ3n) is 9.87. The van der Waals surface area contributed by atoms with E-state index in [1.54, 1.807) is 77.0 Å². The molecule has 0 fully saturated rings. The molecular formula is C60H100N4O12. The van der Waals surface area contributed by atoms with Crippen LogP contribution < -0.4 is 40.2 Å². The van der Waals surface area contributed by atoms with E-state index >= 15 is 0 Å². The fraction of sp³-hybridized carbons (Fsp3) is 0.600. The first kappa shape index (κ1) is 42.5. The van der Waals surface area contributed by atoms with E-state index in [0.717, 1.165) is 36.5 Å². The molecule has 0 saturated heterocycles. The molecule has 0 amide bonds. The van der Waals surface area contributed by atoms with Gasteiger partial charge in [0.25, 0.3) is 0 Å². The molecule has 0 aromatic heterocycles. The maximum absolute atomic E-state index is 10.1. The molecule has 0 spiro atoms. The number of nitrogens with one attached hydrogen (secondary N) is 4. The summed E-state index contributed by atoms with van der Waals surface area (Å²) in [6.07, 6.45) is -4.09. The van der Waals surface area contributed by atoms with E-state index in [2.05, 4.69) is 16.0 Å². The molecule has 76 heavy (non-hydrogen) atoms. The van der Waals surface area contributed by atoms with Crippen molar-refractivity contribution in [3.8, 4) is 23.0 Å². The van der Waals surface area contributed by atoms with E-state index in [1.165, 1.54) is 24.6 Å². The van der Waals surface area contributed by atoms with Crippen molar-refractivity contribution >= 4 is 0 Å². The molecular weight excluding hydrogens is 969 g/mol. The van der Waals surface area contributed by atoms with Gasteiger partial charge < -0.3 is 79.6 Å². The number of hydrogen-bond donors (Lipinski definition) is 8. The van der Waals surface area contributed by atoms with Crippen LogP contribution in [0.4, 0.5) is 0 Å². The van der Waals surface area contributed by atoms with Gasteiger partial charge in [0.1, 0.15) is 73.7 Å². The van der Waals surface area contributed by atoms with Crippen molar-refractivity contribution in [1.29, 1.82) is 0 Å². The van der Waals surface area contributed by atoms with Crippen LogP contribution in [0, 0.1) is 0 Å². The van der Waals surface area contributed by atoms with Gasteiger partial charge in [-0.15, -0.1) is 0 Å². The van der Waals surface area contributed by atoms with Crippen molar-refractivity contribution in [2.24, 2.45) is 0 Å². The normalized spacial score (nSPS) is 19.7. The molecule has 4 aromatic rings. The molecule has 432 valence electrons. The van der Waals surface area contributed by atoms with Gasteiger partial charge in [-0.25, -0.2) is 0 Å². The van der Waals surface area contributed by atoms with Gasteiger partial charge in [0, 0.05) is 97.9 Å². The van der Waals surface area contributed by atoms with E-state index in [4.69, 9.17) is 65.3 Å². The van der Waals surface area contributed by atoms with Gasteiger partial charge in [-0.3, -0.25) is 0 Å². The summed E-state index contributed by atoms with van der Waals surface area (Å²) in [6.45, 7) is -8.99. The van der Waals surface area contributed by atoms with Gasteiger partial charge in [0.05, 0.1) is 34.7 Å². The van der Waals surface area contributed by atoms with Crippen LogP contribution >= 0.6 is 0 Å². The minimum atomic E-state index is -3.23. The molecule has 4 aromatic carbocycles. The highest BCUT2D eigenvalue weighted by Gasteiger charge is 2.10. The smallest absolute Gasteiger partial charge is 0.119 e. The number of aliphatic hydroxyl groups excluding tert-OH is 2. The fourth-order valence-corrected chi connectivity index (χ4v) is 5.66. The lowest BCUT2D eigenvalue weighted by Crippen LogP contribution is -2.35. The molecule has 0 aliphatic carbocycles. The van der Waals surface area contributed by atoms with Gasteiger partial charge in [-0.2, -0.15) is 0 Å². The van der Waals surface area contributed by atoms with Crippen LogP contribution in [0.2, 0.25) is 0 Å². The molecule has 6 unspecified atom stereocenters. The van der Waals surface area contributed by atoms with E-state index in [9.17, 15) is 20.4 Å². The lowest BCUT2D eigenvalue weighted by molar-refractivity contribution is 0.104. The second-order valence-electron chi connectivity index (χ2n) is 17.1. The summed E-state index contributed by atoms with van der Waals surface area (Å²) in [4.78, 5) is 0. The summed E-state index contributed by atoms with van der Waals surface area (Å²) in [6, 6.07) is 22.4. The van der Waals surface area contributed by atoms with Gasteiger partial charge in [-0.05, 0) is 96.5 Å². The summed E-state index contributed by atoms with van der Waals surface area (Å²) in [5.74, 6) is 1.55. The third kappa shape index (κ3) is 39.0. The first-order valence-corrected chi connectivity index (χ1v) is 24.8. The minimum absolute atomic E-state index is 0.0653. The summed E-state index contributed by atoms with van der Waals surface area (Å²) in [5.41, 5.74) is 4.21. The highest BCUT2D eigenvalue weighted by atomic mass is 16.5. The topological polar surface area (TPSA) is 203 Å². The lowest BCUT2D eigenvalue weighted by Gasteiger charge is -2.15. The Kier molecular flexibility index (Phi) is 24.9. The number of benzene rings is 4. The molecule has 0 heterocycles. The van der Waals surface area contributed by atoms with Crippen LogP contribution in [0.5, 0.6) is 23.0 Å². The second-order valence-corrected chi connectivity index (χ2v) is 17.1. The maximum Gasteiger partial charge on any atom is 0.119 e. The van der Waals surface area contributed by atoms with Crippen LogP contribution in [-0.2, 0) is 44.6 Å². The minimum Gasteiger partial charge on any atom is -0.491 e. The first-order chi connectivity index (χ1) is 44.1. The number of rotatable bonds is 36. The van der Waals surface area contributed by atoms with Crippen LogP contribution in [0.25, 0.3) is 0 Å². The second kappa shape index (κ2) is 44.6. The summed E-state index contributed by atoms with van der Waals surface area (Å²) in [5, 5.41) is 49.8. The van der Waals surface area contributed by atoms with E-state index < -0.39 is 96.1 Å². The average Bonchev–Trinajstić information content (AvgIpc) is 0.774. The predicted octanol–water partition coefficient (Wildman–Crippen LogP) is 6.45. The Hall–Kier alpha value is -4.40. The molecule has 0 radical (unpaired) electrons. The molecule has 0 aliphatic heterocycles. The quantitative estimate of drug-likeness (QED) is 0.0247. The zero-order valence-corrected chi connectivity index (χ0v) is 45.5. The molecule has 16 nitrogen and oxygen atoms in total. The van der Waals surface area contributed by atoms with Gasteiger partial charge >= 0.3 is 0 Å². The molecule has 16 heteroatoms. The standard InChI is InChI=1S/4C15H25NO3/c4*1-12(2)16-10-14(17)11-19-15-6-4-13(5-7-15)8-9-18-3/h4*4-7,12,14,16-17H,8-11H2,1-3H3/i1D3,2D3,11D2,12D;1D3,11D2,12D;1D3,14D;14D. The van der Waals surface area contributed by atoms with Crippen molar-refractivity contribution in [1.82, 2.24) is 21.3 Å². The highest BCUT2D eigenvalue weighted by molar-refractivity contribution is 5.30. The molecule has 4 rings (SSSR count). The molecule has 0 bridgehead atoms. The largest absolute Gasteiger partial charge is 0.491 e. The Morgan fingerprint density at radius 2 is 0.711 bits per heavy atom. The highest BCUT2D eigenvalue weighted by Crippen LogP contribution is 2.16. The zero-order chi connectivity index (χ0) is 73.6. The SMILES string of the molecule is [2H]C(O)(CNC(C)C([2H])([2H])[2H])COc1ccc(CCOC)cc1.[2H]C(O)(CNC(C)C)COc1ccc(CCOC)cc1.[2H]C([2H])(Oc1ccc(CCOC)cc1)C(O)CNC([2H])(C([2H])([2H])[2H])C([2H])([2H])[2H].[2H]C([2H])(Oc1ccc(CCOC)cc1)C(O)CNC([2H])(C)C([2H])([2H])[2H]. The summed E-state index contributed by atoms with van der Waals surface area (Å²) in [7, 11) is 6.51. The maximum atomic E-state index is 10.1. The van der Waals surface area contributed by atoms with E-state index in [0.29, 0.717) is 50.8 Å². The third-order valence-corrected chi connectivity index (χ3v) is 9.87. The zero-order valence-electron chi connectivity index (χ0n) is 65.5. The summed E-state index contributed by atoms with van der Waals surface area (Å²) >= 11 is 0. The number of hydrogen-bond acceptors (Lipinski definition) is 16. The Bertz CT molecular complexity index is 2720. The lowest BCUT2D eigenvalue weighted by atomic mass is 10.1. The Morgan fingerprint density at radius 1 is 0.408 bits per heavy atom. The molecule has 0 aliphatic rings. The van der Waals surface area contributed by atoms with Gasteiger partial charge in [0.2, 0.25) is 0 Å². The van der Waals surface area contributed by atoms with Crippen molar-refractivity contribution in [3.05, 3.63) is 119 Å². The predicted molar refractivity (Wildman–Crippen MR) is 307 cm³/mol. The number of aliphatic hydroxyl groups is 4. The molecule has 8 N–H and O–H groups in total. The molecule has 0 saturated carbocycles. The van der Waals surface area contributed by atoms with Crippen LogP contribution in [0.3, 0.4) is 0 Å². The fourth-order valence-electron chi connectivity index (χ4n) is 5.66. The monoisotopic (exact) mass is 1090 g/mol. The number of methoxy groups -OCH3 is 4. The van der Waals surface area contributed by atoms with Crippen LogP contribution in [-0.4, -0.2) is 176 Å². The Morgan fingerprint density at radius 3 is 1.00 bits per heavy atom. The van der Waals surface area contributed by atoms with Crippen LogP contribution in [0.1, 0.15) is 105 Å². The van der Waals surface area contributed by atoms with Gasteiger partial charge in [-0.1, -0.05) is 104 Å². The van der Waals surface area contributed by atoms with E-state index in [-0.39, 0.29) is 43.8 Å². The number of ether oxygens (including phenoxy) is 8. The Balaban J connectivity index is 0.000000644. The van der Waals surface area contributed by atoms with Crippen molar-refractivity contribution < 1.29 is 85.7 Å². The van der Waals surface area contributed by atoms with Crippen molar-refractivity contribution in [2.75, 3.05) is 107 Å². The molecule has 6 atom stereocenters. The first-order valence-electron chi connectivity index (χ1n) is 34.8. The van der Waals surface area contributed by atoms with Crippen LogP contribution in [0.15, 0.2) is 97.1 Å². The van der Waals surface area contributed by atoms with Crippen molar-refractivity contribution in [3.63, 3.8) is 0 Å². The summed E-state index contributed by atoms with van der Waals surface area (Å²) < 4.78 is 191. The average molecular weight is 1090 g/mol.